The third-order valence-corrected chi connectivity index (χ3v) is 8.87. The minimum atomic E-state index is -0.430. The van der Waals surface area contributed by atoms with Gasteiger partial charge in [0.1, 0.15) is 10.0 Å². The largest absolute Gasteiger partial charge is 0.465 e. The molecule has 6 nitrogen and oxygen atoms in total. The zero-order chi connectivity index (χ0) is 26.1. The number of hydrogen-bond donors (Lipinski definition) is 1. The summed E-state index contributed by atoms with van der Waals surface area (Å²) in [5.41, 5.74) is 5.45. The van der Waals surface area contributed by atoms with Crippen LogP contribution in [0.1, 0.15) is 36.7 Å². The van der Waals surface area contributed by atoms with Crippen LogP contribution in [0.5, 0.6) is 0 Å². The molecule has 0 saturated carbocycles. The van der Waals surface area contributed by atoms with Crippen LogP contribution in [-0.2, 0) is 24.2 Å². The molecule has 0 spiro atoms. The summed E-state index contributed by atoms with van der Waals surface area (Å²) in [7, 11) is 1.34. The quantitative estimate of drug-likeness (QED) is 0.220. The Morgan fingerprint density at radius 2 is 1.67 bits per heavy atom. The van der Waals surface area contributed by atoms with Crippen LogP contribution in [0.25, 0.3) is 20.8 Å². The Morgan fingerprint density at radius 3 is 2.41 bits per heavy atom. The highest BCUT2D eigenvalue weighted by Gasteiger charge is 2.28. The molecule has 39 heavy (non-hydrogen) atoms. The number of halogens is 1. The zero-order valence-electron chi connectivity index (χ0n) is 21.2. The van der Waals surface area contributed by atoms with Gasteiger partial charge < -0.3 is 10.1 Å². The number of rotatable bonds is 6. The maximum atomic E-state index is 13.3. The molecule has 9 heteroatoms. The fraction of sp³-hybridized carbons (Fsp3) is 0.167. The van der Waals surface area contributed by atoms with Crippen LogP contribution in [0.4, 0.5) is 5.00 Å². The van der Waals surface area contributed by atoms with Gasteiger partial charge in [-0.25, -0.2) is 9.78 Å². The fourth-order valence-electron chi connectivity index (χ4n) is 4.78. The lowest BCUT2D eigenvalue weighted by molar-refractivity contribution is 0.0600. The molecule has 2 aromatic heterocycles. The Labute approximate surface area is 240 Å². The van der Waals surface area contributed by atoms with Crippen molar-refractivity contribution in [1.29, 1.82) is 0 Å². The number of nitrogens with zero attached hydrogens (tertiary/aromatic N) is 2. The molecule has 1 aliphatic rings. The van der Waals surface area contributed by atoms with Crippen LogP contribution < -0.4 is 5.32 Å². The number of fused-ring (bicyclic) bond motifs is 2. The van der Waals surface area contributed by atoms with E-state index in [0.29, 0.717) is 11.1 Å². The molecule has 0 saturated heterocycles. The van der Waals surface area contributed by atoms with Crippen molar-refractivity contribution in [2.45, 2.75) is 19.5 Å². The number of thiophene rings is 1. The van der Waals surface area contributed by atoms with Gasteiger partial charge in [-0.3, -0.25) is 9.69 Å². The summed E-state index contributed by atoms with van der Waals surface area (Å²) in [5.74, 6) is -0.649. The third-order valence-electron chi connectivity index (χ3n) is 6.69. The van der Waals surface area contributed by atoms with Gasteiger partial charge in [-0.15, -0.1) is 35.1 Å². The van der Waals surface area contributed by atoms with Crippen molar-refractivity contribution in [3.05, 3.63) is 106 Å². The highest BCUT2D eigenvalue weighted by molar-refractivity contribution is 7.23. The Bertz CT molecular complexity index is 1600. The summed E-state index contributed by atoms with van der Waals surface area (Å²) >= 11 is 3.29. The van der Waals surface area contributed by atoms with E-state index in [4.69, 9.17) is 9.72 Å². The molecule has 1 N–H and O–H groups in total. The molecule has 0 fully saturated rings. The zero-order valence-corrected chi connectivity index (χ0v) is 23.6. The maximum absolute atomic E-state index is 13.3. The summed E-state index contributed by atoms with van der Waals surface area (Å²) in [6.07, 6.45) is 0.896. The van der Waals surface area contributed by atoms with Crippen LogP contribution in [0.15, 0.2) is 78.9 Å². The average molecular weight is 576 g/mol. The Morgan fingerprint density at radius 1 is 0.949 bits per heavy atom. The Kier molecular flexibility index (Phi) is 8.09. The molecule has 1 aliphatic heterocycles. The van der Waals surface area contributed by atoms with Gasteiger partial charge in [-0.1, -0.05) is 42.5 Å². The number of benzene rings is 3. The standard InChI is InChI=1S/C30H25N3O3S2.ClH/c1-36-30(35)21-13-11-20(12-14-21)27(34)32-29-26(28-31-23-9-5-6-10-24(23)37-28)22-15-16-33(18-25(22)38-29)17-19-7-3-2-4-8-19;/h2-14H,15-18H2,1H3,(H,32,34);1H. The van der Waals surface area contributed by atoms with E-state index in [1.54, 1.807) is 46.9 Å². The second-order valence-corrected chi connectivity index (χ2v) is 11.3. The molecule has 0 unspecified atom stereocenters. The van der Waals surface area contributed by atoms with Crippen molar-refractivity contribution in [2.24, 2.45) is 0 Å². The number of para-hydroxylation sites is 1. The van der Waals surface area contributed by atoms with Crippen LogP contribution >= 0.6 is 35.1 Å². The fourth-order valence-corrected chi connectivity index (χ4v) is 7.17. The number of amides is 1. The lowest BCUT2D eigenvalue weighted by Gasteiger charge is -2.27. The predicted octanol–water partition coefficient (Wildman–Crippen LogP) is 7.04. The van der Waals surface area contributed by atoms with Gasteiger partial charge in [0, 0.05) is 35.6 Å². The van der Waals surface area contributed by atoms with Crippen molar-refractivity contribution in [1.82, 2.24) is 9.88 Å². The molecular weight excluding hydrogens is 550 g/mol. The van der Waals surface area contributed by atoms with E-state index in [-0.39, 0.29) is 18.3 Å². The number of carbonyl (C=O) groups excluding carboxylic acids is 2. The summed E-state index contributed by atoms with van der Waals surface area (Å²) in [5, 5.41) is 4.91. The molecular formula is C30H26ClN3O3S2. The monoisotopic (exact) mass is 575 g/mol. The summed E-state index contributed by atoms with van der Waals surface area (Å²) in [6, 6.07) is 25.1. The number of carbonyl (C=O) groups is 2. The van der Waals surface area contributed by atoms with Crippen molar-refractivity contribution < 1.29 is 14.3 Å². The minimum Gasteiger partial charge on any atom is -0.465 e. The van der Waals surface area contributed by atoms with Crippen LogP contribution in [-0.4, -0.2) is 35.4 Å². The first-order valence-electron chi connectivity index (χ1n) is 12.4. The molecule has 5 aromatic rings. The normalized spacial score (nSPS) is 12.9. The SMILES string of the molecule is COC(=O)c1ccc(C(=O)Nc2sc3c(c2-c2nc4ccccc4s2)CCN(Cc2ccccc2)C3)cc1.Cl. The number of hydrogen-bond acceptors (Lipinski definition) is 7. The summed E-state index contributed by atoms with van der Waals surface area (Å²) in [6.45, 7) is 2.66. The van der Waals surface area contributed by atoms with Gasteiger partial charge >= 0.3 is 5.97 Å². The smallest absolute Gasteiger partial charge is 0.337 e. The van der Waals surface area contributed by atoms with Crippen LogP contribution in [0.3, 0.4) is 0 Å². The molecule has 6 rings (SSSR count). The van der Waals surface area contributed by atoms with Crippen LogP contribution in [0.2, 0.25) is 0 Å². The first-order chi connectivity index (χ1) is 18.6. The van der Waals surface area contributed by atoms with E-state index in [9.17, 15) is 9.59 Å². The lowest BCUT2D eigenvalue weighted by Crippen LogP contribution is -2.29. The van der Waals surface area contributed by atoms with Gasteiger partial charge in [0.2, 0.25) is 0 Å². The topological polar surface area (TPSA) is 71.5 Å². The van der Waals surface area contributed by atoms with Crippen LogP contribution in [0, 0.1) is 0 Å². The molecule has 198 valence electrons. The highest BCUT2D eigenvalue weighted by atomic mass is 35.5. The number of ether oxygens (including phenoxy) is 1. The van der Waals surface area contributed by atoms with Crippen molar-refractivity contribution >= 4 is 62.2 Å². The van der Waals surface area contributed by atoms with Crippen molar-refractivity contribution in [3.63, 3.8) is 0 Å². The van der Waals surface area contributed by atoms with E-state index >= 15 is 0 Å². The van der Waals surface area contributed by atoms with Gasteiger partial charge in [-0.05, 0) is 53.9 Å². The number of esters is 1. The second-order valence-electron chi connectivity index (χ2n) is 9.16. The Hall–Kier alpha value is -3.56. The van der Waals surface area contributed by atoms with Gasteiger partial charge in [0.05, 0.1) is 22.9 Å². The summed E-state index contributed by atoms with van der Waals surface area (Å²) in [4.78, 5) is 33.7. The molecule has 1 amide bonds. The first-order valence-corrected chi connectivity index (χ1v) is 14.0. The number of aromatic nitrogens is 1. The predicted molar refractivity (Wildman–Crippen MR) is 160 cm³/mol. The third kappa shape index (κ3) is 5.60. The second kappa shape index (κ2) is 11.7. The average Bonchev–Trinajstić information content (AvgIpc) is 3.53. The van der Waals surface area contributed by atoms with E-state index in [2.05, 4.69) is 40.5 Å². The highest BCUT2D eigenvalue weighted by Crippen LogP contribution is 2.46. The van der Waals surface area contributed by atoms with Gasteiger partial charge in [0.25, 0.3) is 5.91 Å². The molecule has 0 atom stereocenters. The van der Waals surface area contributed by atoms with Crippen molar-refractivity contribution in [3.8, 4) is 10.6 Å². The maximum Gasteiger partial charge on any atom is 0.337 e. The lowest BCUT2D eigenvalue weighted by atomic mass is 10.0. The molecule has 3 aromatic carbocycles. The number of anilines is 1. The van der Waals surface area contributed by atoms with E-state index in [1.807, 2.05) is 24.3 Å². The van der Waals surface area contributed by atoms with E-state index < -0.39 is 5.97 Å². The molecule has 0 aliphatic carbocycles. The van der Waals surface area contributed by atoms with E-state index in [0.717, 1.165) is 51.8 Å². The molecule has 0 bridgehead atoms. The number of methoxy groups -OCH3 is 1. The summed E-state index contributed by atoms with van der Waals surface area (Å²) < 4.78 is 5.89. The van der Waals surface area contributed by atoms with Gasteiger partial charge in [-0.2, -0.15) is 0 Å². The van der Waals surface area contributed by atoms with Gasteiger partial charge in [0.15, 0.2) is 0 Å². The number of thiazole rings is 1. The molecule has 0 radical (unpaired) electrons. The minimum absolute atomic E-state index is 0. The Balaban J connectivity index is 0.00000308. The van der Waals surface area contributed by atoms with Crippen molar-refractivity contribution in [2.75, 3.05) is 19.0 Å². The number of nitrogens with one attached hydrogen (secondary N) is 1. The van der Waals surface area contributed by atoms with E-state index in [1.165, 1.54) is 23.1 Å². The first kappa shape index (κ1) is 27.0. The molecule has 3 heterocycles.